The Kier molecular flexibility index (Phi) is 9.36. The molecule has 0 saturated carbocycles. The van der Waals surface area contributed by atoms with Crippen molar-refractivity contribution in [2.24, 2.45) is 4.99 Å². The van der Waals surface area contributed by atoms with Crippen LogP contribution in [0, 0.1) is 5.82 Å². The summed E-state index contributed by atoms with van der Waals surface area (Å²) >= 11 is 0. The fourth-order valence-corrected chi connectivity index (χ4v) is 2.57. The van der Waals surface area contributed by atoms with Gasteiger partial charge in [0.1, 0.15) is 18.2 Å². The van der Waals surface area contributed by atoms with E-state index in [1.54, 1.807) is 25.4 Å². The molecule has 5 nitrogen and oxygen atoms in total. The molecule has 2 aromatic carbocycles. The minimum Gasteiger partial charge on any atom is -0.487 e. The maximum atomic E-state index is 13.7. The zero-order valence-corrected chi connectivity index (χ0v) is 18.5. The average molecular weight is 506 g/mol. The van der Waals surface area contributed by atoms with Crippen molar-refractivity contribution in [1.29, 1.82) is 0 Å². The zero-order valence-electron chi connectivity index (χ0n) is 16.1. The van der Waals surface area contributed by atoms with E-state index >= 15 is 0 Å². The second-order valence-corrected chi connectivity index (χ2v) is 6.12. The van der Waals surface area contributed by atoms with Gasteiger partial charge in [-0.3, -0.25) is 9.98 Å². The first-order valence-electron chi connectivity index (χ1n) is 9.04. The molecule has 3 rings (SSSR count). The lowest BCUT2D eigenvalue weighted by Crippen LogP contribution is -2.36. The van der Waals surface area contributed by atoms with Crippen LogP contribution in [0.5, 0.6) is 5.75 Å². The van der Waals surface area contributed by atoms with Crippen LogP contribution in [0.1, 0.15) is 16.8 Å². The SMILES string of the molecule is CN=C(NCc1ccc(OCc2ccccn2)cc1)NCc1ccccc1F.I. The first-order chi connectivity index (χ1) is 13.7. The predicted molar refractivity (Wildman–Crippen MR) is 124 cm³/mol. The largest absolute Gasteiger partial charge is 0.487 e. The summed E-state index contributed by atoms with van der Waals surface area (Å²) in [5.74, 6) is 1.17. The van der Waals surface area contributed by atoms with Crippen molar-refractivity contribution < 1.29 is 9.13 Å². The van der Waals surface area contributed by atoms with Gasteiger partial charge in [0.05, 0.1) is 5.69 Å². The molecular weight excluding hydrogens is 482 g/mol. The van der Waals surface area contributed by atoms with E-state index in [-0.39, 0.29) is 29.8 Å². The van der Waals surface area contributed by atoms with Gasteiger partial charge in [0.2, 0.25) is 0 Å². The fourth-order valence-electron chi connectivity index (χ4n) is 2.57. The number of guanidine groups is 1. The minimum absolute atomic E-state index is 0. The number of benzene rings is 2. The van der Waals surface area contributed by atoms with E-state index in [1.165, 1.54) is 6.07 Å². The first kappa shape index (κ1) is 22.6. The molecule has 0 spiro atoms. The van der Waals surface area contributed by atoms with Gasteiger partial charge in [0.15, 0.2) is 5.96 Å². The van der Waals surface area contributed by atoms with Gasteiger partial charge in [-0.1, -0.05) is 36.4 Å². The molecule has 29 heavy (non-hydrogen) atoms. The van der Waals surface area contributed by atoms with Crippen molar-refractivity contribution >= 4 is 29.9 Å². The molecule has 7 heteroatoms. The first-order valence-corrected chi connectivity index (χ1v) is 9.04. The standard InChI is InChI=1S/C22H23FN4O.HI/c1-24-22(27-15-18-6-2-3-8-21(18)23)26-14-17-9-11-20(12-10-17)28-16-19-7-4-5-13-25-19;/h2-13H,14-16H2,1H3,(H2,24,26,27);1H. The van der Waals surface area contributed by atoms with Gasteiger partial charge in [-0.15, -0.1) is 24.0 Å². The molecule has 1 heterocycles. The average Bonchev–Trinajstić information content (AvgIpc) is 2.75. The maximum absolute atomic E-state index is 13.7. The number of ether oxygens (including phenoxy) is 1. The highest BCUT2D eigenvalue weighted by Crippen LogP contribution is 2.13. The Bertz CT molecular complexity index is 904. The Hall–Kier alpha value is -2.68. The van der Waals surface area contributed by atoms with Crippen molar-refractivity contribution in [3.63, 3.8) is 0 Å². The van der Waals surface area contributed by atoms with Crippen LogP contribution in [-0.4, -0.2) is 18.0 Å². The van der Waals surface area contributed by atoms with E-state index in [1.807, 2.05) is 48.5 Å². The number of hydrogen-bond acceptors (Lipinski definition) is 3. The van der Waals surface area contributed by atoms with Crippen LogP contribution in [0.2, 0.25) is 0 Å². The Morgan fingerprint density at radius 2 is 1.69 bits per heavy atom. The maximum Gasteiger partial charge on any atom is 0.191 e. The van der Waals surface area contributed by atoms with Crippen LogP contribution in [0.25, 0.3) is 0 Å². The number of nitrogens with zero attached hydrogens (tertiary/aromatic N) is 2. The van der Waals surface area contributed by atoms with Crippen LogP contribution in [0.15, 0.2) is 77.9 Å². The third kappa shape index (κ3) is 7.34. The highest BCUT2D eigenvalue weighted by atomic mass is 127. The lowest BCUT2D eigenvalue weighted by atomic mass is 10.2. The summed E-state index contributed by atoms with van der Waals surface area (Å²) in [5.41, 5.74) is 2.57. The molecule has 2 N–H and O–H groups in total. The molecule has 0 radical (unpaired) electrons. The van der Waals surface area contributed by atoms with Crippen molar-refractivity contribution in [2.45, 2.75) is 19.7 Å². The summed E-state index contributed by atoms with van der Waals surface area (Å²) in [6.07, 6.45) is 1.75. The third-order valence-electron chi connectivity index (χ3n) is 4.12. The number of halogens is 2. The van der Waals surface area contributed by atoms with Gasteiger partial charge in [-0.2, -0.15) is 0 Å². The van der Waals surface area contributed by atoms with Crippen LogP contribution in [0.3, 0.4) is 0 Å². The molecule has 3 aromatic rings. The number of aromatic nitrogens is 1. The normalized spacial score (nSPS) is 10.8. The molecule has 0 aliphatic heterocycles. The van der Waals surface area contributed by atoms with Gasteiger partial charge >= 0.3 is 0 Å². The molecular formula is C22H24FIN4O. The van der Waals surface area contributed by atoms with Crippen LogP contribution < -0.4 is 15.4 Å². The number of pyridine rings is 1. The topological polar surface area (TPSA) is 58.5 Å². The fraction of sp³-hybridized carbons (Fsp3) is 0.182. The van der Waals surface area contributed by atoms with Crippen molar-refractivity contribution in [3.05, 3.63) is 95.6 Å². The van der Waals surface area contributed by atoms with E-state index < -0.39 is 0 Å². The Balaban J connectivity index is 0.00000300. The van der Waals surface area contributed by atoms with E-state index in [0.717, 1.165) is 17.0 Å². The molecule has 0 aliphatic carbocycles. The molecule has 0 fully saturated rings. The molecule has 0 amide bonds. The summed E-state index contributed by atoms with van der Waals surface area (Å²) in [5, 5.41) is 6.33. The lowest BCUT2D eigenvalue weighted by Gasteiger charge is -2.13. The molecule has 0 bridgehead atoms. The van der Waals surface area contributed by atoms with Crippen LogP contribution >= 0.6 is 24.0 Å². The van der Waals surface area contributed by atoms with E-state index in [2.05, 4.69) is 20.6 Å². The Labute approximate surface area is 187 Å². The summed E-state index contributed by atoms with van der Waals surface area (Å²) in [6, 6.07) is 20.3. The van der Waals surface area contributed by atoms with Gasteiger partial charge in [0, 0.05) is 31.9 Å². The number of nitrogens with one attached hydrogen (secondary N) is 2. The number of hydrogen-bond donors (Lipinski definition) is 2. The second kappa shape index (κ2) is 12.0. The molecule has 152 valence electrons. The van der Waals surface area contributed by atoms with Gasteiger partial charge in [-0.05, 0) is 35.9 Å². The van der Waals surface area contributed by atoms with Crippen molar-refractivity contribution in [2.75, 3.05) is 7.05 Å². The van der Waals surface area contributed by atoms with Crippen LogP contribution in [0.4, 0.5) is 4.39 Å². The Morgan fingerprint density at radius 1 is 0.966 bits per heavy atom. The van der Waals surface area contributed by atoms with Crippen molar-refractivity contribution in [3.8, 4) is 5.75 Å². The molecule has 0 saturated heterocycles. The summed E-state index contributed by atoms with van der Waals surface area (Å²) in [7, 11) is 1.69. The summed E-state index contributed by atoms with van der Waals surface area (Å²) < 4.78 is 19.4. The number of rotatable bonds is 7. The smallest absolute Gasteiger partial charge is 0.191 e. The van der Waals surface area contributed by atoms with Crippen LogP contribution in [-0.2, 0) is 19.7 Å². The summed E-state index contributed by atoms with van der Waals surface area (Å²) in [6.45, 7) is 1.40. The predicted octanol–water partition coefficient (Wildman–Crippen LogP) is 4.28. The quantitative estimate of drug-likeness (QED) is 0.286. The monoisotopic (exact) mass is 506 g/mol. The highest BCUT2D eigenvalue weighted by molar-refractivity contribution is 14.0. The van der Waals surface area contributed by atoms with Crippen molar-refractivity contribution in [1.82, 2.24) is 15.6 Å². The molecule has 0 aliphatic rings. The molecule has 0 unspecified atom stereocenters. The van der Waals surface area contributed by atoms with Gasteiger partial charge in [-0.25, -0.2) is 4.39 Å². The van der Waals surface area contributed by atoms with E-state index in [9.17, 15) is 4.39 Å². The zero-order chi connectivity index (χ0) is 19.6. The van der Waals surface area contributed by atoms with Gasteiger partial charge in [0.25, 0.3) is 0 Å². The second-order valence-electron chi connectivity index (χ2n) is 6.12. The lowest BCUT2D eigenvalue weighted by molar-refractivity contribution is 0.301. The highest BCUT2D eigenvalue weighted by Gasteiger charge is 2.03. The summed E-state index contributed by atoms with van der Waals surface area (Å²) in [4.78, 5) is 8.40. The molecule has 0 atom stereocenters. The van der Waals surface area contributed by atoms with Gasteiger partial charge < -0.3 is 15.4 Å². The van der Waals surface area contributed by atoms with E-state index in [4.69, 9.17) is 4.74 Å². The Morgan fingerprint density at radius 3 is 2.38 bits per heavy atom. The molecule has 1 aromatic heterocycles. The third-order valence-corrected chi connectivity index (χ3v) is 4.12. The number of aliphatic imine (C=N–C) groups is 1. The minimum atomic E-state index is -0.230. The van der Waals surface area contributed by atoms with E-state index in [0.29, 0.717) is 31.2 Å².